The molecule has 2 atom stereocenters. The lowest BCUT2D eigenvalue weighted by atomic mass is 9.73. The fourth-order valence-corrected chi connectivity index (χ4v) is 4.49. The number of halogens is 1. The molecule has 2 fully saturated rings. The zero-order chi connectivity index (χ0) is 19.6. The highest BCUT2D eigenvalue weighted by molar-refractivity contribution is 9.10. The summed E-state index contributed by atoms with van der Waals surface area (Å²) in [5.41, 5.74) is 0.0708. The number of nitrogens with zero attached hydrogens (tertiary/aromatic N) is 1. The van der Waals surface area contributed by atoms with Crippen molar-refractivity contribution in [2.24, 2.45) is 5.92 Å². The second-order valence-electron chi connectivity index (χ2n) is 7.20. The molecule has 1 heterocycles. The number of imide groups is 1. The largest absolute Gasteiger partial charge is 0.490 e. The molecule has 2 unspecified atom stereocenters. The van der Waals surface area contributed by atoms with Gasteiger partial charge < -0.3 is 14.8 Å². The van der Waals surface area contributed by atoms with Crippen LogP contribution >= 0.6 is 15.9 Å². The van der Waals surface area contributed by atoms with Gasteiger partial charge in [0.1, 0.15) is 5.54 Å². The second-order valence-corrected chi connectivity index (χ2v) is 8.05. The highest BCUT2D eigenvalue weighted by Crippen LogP contribution is 2.40. The number of nitrogens with one attached hydrogen (secondary N) is 1. The van der Waals surface area contributed by atoms with Crippen LogP contribution in [0.1, 0.15) is 52.0 Å². The van der Waals surface area contributed by atoms with E-state index in [0.29, 0.717) is 31.1 Å². The van der Waals surface area contributed by atoms with Crippen LogP contribution in [0.4, 0.5) is 4.79 Å². The molecule has 6 nitrogen and oxygen atoms in total. The van der Waals surface area contributed by atoms with Gasteiger partial charge in [0.15, 0.2) is 11.5 Å². The van der Waals surface area contributed by atoms with Crippen molar-refractivity contribution in [3.8, 4) is 11.5 Å². The number of amides is 3. The lowest BCUT2D eigenvalue weighted by Gasteiger charge is -2.36. The summed E-state index contributed by atoms with van der Waals surface area (Å²) in [5, 5.41) is 3.00. The normalized spacial score (nSPS) is 25.0. The number of carbonyl (C=O) groups excluding carboxylic acids is 2. The lowest BCUT2D eigenvalue weighted by molar-refractivity contribution is -0.134. The van der Waals surface area contributed by atoms with E-state index in [2.05, 4.69) is 28.2 Å². The van der Waals surface area contributed by atoms with Crippen LogP contribution < -0.4 is 14.8 Å². The van der Waals surface area contributed by atoms with Crippen molar-refractivity contribution in [3.05, 3.63) is 22.2 Å². The van der Waals surface area contributed by atoms with E-state index in [0.717, 1.165) is 29.3 Å². The summed E-state index contributed by atoms with van der Waals surface area (Å²) in [5.74, 6) is 1.30. The molecule has 1 N–H and O–H groups in total. The Morgan fingerprint density at radius 2 is 1.85 bits per heavy atom. The first-order chi connectivity index (χ1) is 12.9. The van der Waals surface area contributed by atoms with Gasteiger partial charge in [0.05, 0.1) is 19.8 Å². The van der Waals surface area contributed by atoms with Crippen molar-refractivity contribution >= 4 is 27.9 Å². The van der Waals surface area contributed by atoms with Crippen molar-refractivity contribution < 1.29 is 19.1 Å². The third-order valence-corrected chi connectivity index (χ3v) is 6.28. The van der Waals surface area contributed by atoms with E-state index in [1.165, 1.54) is 4.90 Å². The van der Waals surface area contributed by atoms with Gasteiger partial charge in [0.25, 0.3) is 5.91 Å². The molecular formula is C20H27BrN2O4. The summed E-state index contributed by atoms with van der Waals surface area (Å²) in [6.45, 7) is 7.11. The molecule has 148 valence electrons. The first kappa shape index (κ1) is 20.0. The van der Waals surface area contributed by atoms with Crippen LogP contribution in [0.3, 0.4) is 0 Å². The minimum atomic E-state index is -0.740. The Bertz CT molecular complexity index is 739. The number of urea groups is 1. The van der Waals surface area contributed by atoms with Crippen LogP contribution in [0.5, 0.6) is 11.5 Å². The van der Waals surface area contributed by atoms with Crippen molar-refractivity contribution in [2.75, 3.05) is 13.2 Å². The van der Waals surface area contributed by atoms with Crippen molar-refractivity contribution in [3.63, 3.8) is 0 Å². The number of hydrogen-bond donors (Lipinski definition) is 1. The smallest absolute Gasteiger partial charge is 0.325 e. The molecule has 1 aliphatic heterocycles. The molecule has 0 radical (unpaired) electrons. The van der Waals surface area contributed by atoms with Crippen LogP contribution in [0, 0.1) is 5.92 Å². The maximum Gasteiger partial charge on any atom is 0.325 e. The number of hydrogen-bond acceptors (Lipinski definition) is 4. The van der Waals surface area contributed by atoms with Crippen LogP contribution in [-0.2, 0) is 11.3 Å². The van der Waals surface area contributed by atoms with E-state index in [9.17, 15) is 9.59 Å². The Hall–Kier alpha value is -1.76. The first-order valence-electron chi connectivity index (χ1n) is 9.65. The predicted octanol–water partition coefficient (Wildman–Crippen LogP) is 4.25. The monoisotopic (exact) mass is 438 g/mol. The lowest BCUT2D eigenvalue weighted by Crippen LogP contribution is -2.53. The van der Waals surface area contributed by atoms with Crippen LogP contribution in [0.2, 0.25) is 0 Å². The van der Waals surface area contributed by atoms with Gasteiger partial charge in [-0.05, 0) is 50.3 Å². The zero-order valence-corrected chi connectivity index (χ0v) is 17.7. The number of carbonyl (C=O) groups is 2. The Morgan fingerprint density at radius 1 is 1.19 bits per heavy atom. The average molecular weight is 439 g/mol. The van der Waals surface area contributed by atoms with Gasteiger partial charge in [-0.1, -0.05) is 35.7 Å². The molecule has 1 saturated heterocycles. The van der Waals surface area contributed by atoms with Gasteiger partial charge in [-0.15, -0.1) is 0 Å². The van der Waals surface area contributed by atoms with Gasteiger partial charge in [0, 0.05) is 4.47 Å². The van der Waals surface area contributed by atoms with Crippen molar-refractivity contribution in [2.45, 2.75) is 58.5 Å². The van der Waals surface area contributed by atoms with Gasteiger partial charge in [-0.3, -0.25) is 9.69 Å². The molecule has 1 saturated carbocycles. The summed E-state index contributed by atoms with van der Waals surface area (Å²) in [7, 11) is 0. The van der Waals surface area contributed by atoms with Crippen LogP contribution in [0.15, 0.2) is 16.6 Å². The fraction of sp³-hybridized carbons (Fsp3) is 0.600. The molecule has 3 rings (SSSR count). The second kappa shape index (κ2) is 8.09. The minimum absolute atomic E-state index is 0.113. The molecule has 3 amide bonds. The number of rotatable bonds is 6. The quantitative estimate of drug-likeness (QED) is 0.674. The topological polar surface area (TPSA) is 67.9 Å². The van der Waals surface area contributed by atoms with E-state index in [-0.39, 0.29) is 24.4 Å². The number of benzene rings is 1. The van der Waals surface area contributed by atoms with Gasteiger partial charge in [-0.2, -0.15) is 0 Å². The van der Waals surface area contributed by atoms with Gasteiger partial charge >= 0.3 is 6.03 Å². The maximum atomic E-state index is 13.2. The fourth-order valence-electron chi connectivity index (χ4n) is 4.04. The number of ether oxygens (including phenoxy) is 2. The van der Waals surface area contributed by atoms with E-state index in [1.54, 1.807) is 0 Å². The molecule has 0 bridgehead atoms. The molecule has 27 heavy (non-hydrogen) atoms. The van der Waals surface area contributed by atoms with Crippen molar-refractivity contribution in [1.82, 2.24) is 10.2 Å². The summed E-state index contributed by atoms with van der Waals surface area (Å²) in [6, 6.07) is 3.36. The van der Waals surface area contributed by atoms with Gasteiger partial charge in [0.2, 0.25) is 0 Å². The molecule has 1 aliphatic carbocycles. The van der Waals surface area contributed by atoms with E-state index >= 15 is 0 Å². The summed E-state index contributed by atoms with van der Waals surface area (Å²) >= 11 is 3.54. The Kier molecular flexibility index (Phi) is 5.99. The Balaban J connectivity index is 1.87. The van der Waals surface area contributed by atoms with E-state index < -0.39 is 5.54 Å². The summed E-state index contributed by atoms with van der Waals surface area (Å²) in [6.07, 6.45) is 3.74. The minimum Gasteiger partial charge on any atom is -0.490 e. The Labute approximate surface area is 168 Å². The summed E-state index contributed by atoms with van der Waals surface area (Å²) in [4.78, 5) is 27.1. The van der Waals surface area contributed by atoms with E-state index in [1.807, 2.05) is 26.0 Å². The SMILES string of the molecule is CCOc1cc(Br)c(CN2C(=O)NC3(CCCCC3C)C2=O)cc1OCC. The Morgan fingerprint density at radius 3 is 2.48 bits per heavy atom. The predicted molar refractivity (Wildman–Crippen MR) is 106 cm³/mol. The van der Waals surface area contributed by atoms with Crippen molar-refractivity contribution in [1.29, 1.82) is 0 Å². The molecule has 2 aliphatic rings. The van der Waals surface area contributed by atoms with E-state index in [4.69, 9.17) is 9.47 Å². The summed E-state index contributed by atoms with van der Waals surface area (Å²) < 4.78 is 12.1. The molecule has 1 spiro atoms. The molecule has 1 aromatic carbocycles. The molecule has 0 aromatic heterocycles. The molecule has 1 aromatic rings. The highest BCUT2D eigenvalue weighted by atomic mass is 79.9. The molecular weight excluding hydrogens is 412 g/mol. The van der Waals surface area contributed by atoms with Gasteiger partial charge in [-0.25, -0.2) is 4.79 Å². The highest BCUT2D eigenvalue weighted by Gasteiger charge is 2.54. The standard InChI is InChI=1S/C20H27BrN2O4/c1-4-26-16-10-14(15(21)11-17(16)27-5-2)12-23-18(24)20(22-19(23)25)9-7-6-8-13(20)3/h10-11,13H,4-9,12H2,1-3H3,(H,22,25). The van der Waals surface area contributed by atoms with Crippen LogP contribution in [0.25, 0.3) is 0 Å². The zero-order valence-electron chi connectivity index (χ0n) is 16.1. The third kappa shape index (κ3) is 3.66. The van der Waals surface area contributed by atoms with Crippen LogP contribution in [-0.4, -0.2) is 35.6 Å². The maximum absolute atomic E-state index is 13.2. The molecule has 7 heteroatoms. The third-order valence-electron chi connectivity index (χ3n) is 5.54. The average Bonchev–Trinajstić information content (AvgIpc) is 2.86. The first-order valence-corrected chi connectivity index (χ1v) is 10.4.